The Labute approximate surface area is 139 Å². The molecule has 4 atom stereocenters. The molecule has 3 nitrogen and oxygen atoms in total. The van der Waals surface area contributed by atoms with Crippen LogP contribution in [0, 0.1) is 22.7 Å². The van der Waals surface area contributed by atoms with Gasteiger partial charge in [0.1, 0.15) is 0 Å². The largest absolute Gasteiger partial charge is 0.432 e. The molecule has 1 saturated heterocycles. The SMILES string of the molecule is C=C1CC[C@H]2C(C)(C)CCC[C@]2(C)[C@H]1C/C=C1/CC(O)OC1=O. The zero-order valence-corrected chi connectivity index (χ0v) is 14.7. The summed E-state index contributed by atoms with van der Waals surface area (Å²) >= 11 is 0. The fourth-order valence-electron chi connectivity index (χ4n) is 5.65. The van der Waals surface area contributed by atoms with Crippen LogP contribution >= 0.6 is 0 Å². The van der Waals surface area contributed by atoms with Crippen LogP contribution in [0.25, 0.3) is 0 Å². The molecule has 1 N–H and O–H groups in total. The minimum absolute atomic E-state index is 0.273. The fourth-order valence-corrected chi connectivity index (χ4v) is 5.65. The molecule has 128 valence electrons. The highest BCUT2D eigenvalue weighted by molar-refractivity contribution is 5.90. The molecule has 0 bridgehead atoms. The molecule has 0 radical (unpaired) electrons. The Hall–Kier alpha value is -1.09. The molecule has 1 unspecified atom stereocenters. The normalized spacial score (nSPS) is 41.7. The fraction of sp³-hybridized carbons (Fsp3) is 0.750. The van der Waals surface area contributed by atoms with E-state index >= 15 is 0 Å². The van der Waals surface area contributed by atoms with Gasteiger partial charge < -0.3 is 9.84 Å². The van der Waals surface area contributed by atoms with E-state index in [4.69, 9.17) is 4.74 Å². The summed E-state index contributed by atoms with van der Waals surface area (Å²) in [6.45, 7) is 11.6. The molecule has 3 heteroatoms. The third-order valence-electron chi connectivity index (χ3n) is 6.82. The first kappa shape index (κ1) is 16.8. The molecule has 3 rings (SSSR count). The lowest BCUT2D eigenvalue weighted by Crippen LogP contribution is -2.49. The number of rotatable bonds is 2. The summed E-state index contributed by atoms with van der Waals surface area (Å²) in [7, 11) is 0. The minimum atomic E-state index is -0.958. The van der Waals surface area contributed by atoms with Crippen LogP contribution in [0.4, 0.5) is 0 Å². The third-order valence-corrected chi connectivity index (χ3v) is 6.82. The Balaban J connectivity index is 1.83. The van der Waals surface area contributed by atoms with Crippen molar-refractivity contribution in [1.29, 1.82) is 0 Å². The number of ether oxygens (including phenoxy) is 1. The van der Waals surface area contributed by atoms with Gasteiger partial charge in [-0.1, -0.05) is 45.4 Å². The number of carbonyl (C=O) groups is 1. The van der Waals surface area contributed by atoms with Gasteiger partial charge in [0, 0.05) is 12.0 Å². The van der Waals surface area contributed by atoms with Crippen LogP contribution in [0.3, 0.4) is 0 Å². The molecule has 0 aromatic rings. The van der Waals surface area contributed by atoms with Gasteiger partial charge in [-0.15, -0.1) is 0 Å². The van der Waals surface area contributed by atoms with Crippen molar-refractivity contribution in [3.05, 3.63) is 23.8 Å². The molecule has 2 aliphatic carbocycles. The molecule has 0 amide bonds. The molecule has 0 aromatic heterocycles. The predicted octanol–water partition coefficient (Wildman–Crippen LogP) is 4.37. The Morgan fingerprint density at radius 3 is 2.74 bits per heavy atom. The summed E-state index contributed by atoms with van der Waals surface area (Å²) in [5.41, 5.74) is 2.63. The van der Waals surface area contributed by atoms with Gasteiger partial charge in [0.05, 0.1) is 0 Å². The molecular weight excluding hydrogens is 288 g/mol. The third kappa shape index (κ3) is 2.88. The van der Waals surface area contributed by atoms with Crippen LogP contribution in [0.5, 0.6) is 0 Å². The van der Waals surface area contributed by atoms with Crippen LogP contribution < -0.4 is 0 Å². The number of carbonyl (C=O) groups excluding carboxylic acids is 1. The zero-order valence-electron chi connectivity index (χ0n) is 14.7. The monoisotopic (exact) mass is 318 g/mol. The van der Waals surface area contributed by atoms with Crippen molar-refractivity contribution in [1.82, 2.24) is 0 Å². The van der Waals surface area contributed by atoms with E-state index in [2.05, 4.69) is 27.4 Å². The highest BCUT2D eigenvalue weighted by Crippen LogP contribution is 2.61. The summed E-state index contributed by atoms with van der Waals surface area (Å²) in [4.78, 5) is 11.7. The molecular formula is C20H30O3. The Kier molecular flexibility index (Phi) is 4.20. The number of fused-ring (bicyclic) bond motifs is 1. The van der Waals surface area contributed by atoms with Gasteiger partial charge in [0.15, 0.2) is 0 Å². The van der Waals surface area contributed by atoms with Crippen LogP contribution in [0.1, 0.15) is 65.7 Å². The van der Waals surface area contributed by atoms with Crippen molar-refractivity contribution in [3.63, 3.8) is 0 Å². The van der Waals surface area contributed by atoms with E-state index in [-0.39, 0.29) is 11.4 Å². The van der Waals surface area contributed by atoms with Crippen LogP contribution in [-0.2, 0) is 9.53 Å². The van der Waals surface area contributed by atoms with Crippen molar-refractivity contribution in [2.75, 3.05) is 0 Å². The summed E-state index contributed by atoms with van der Waals surface area (Å²) < 4.78 is 4.83. The predicted molar refractivity (Wildman–Crippen MR) is 90.5 cm³/mol. The van der Waals surface area contributed by atoms with Gasteiger partial charge >= 0.3 is 5.97 Å². The van der Waals surface area contributed by atoms with E-state index in [9.17, 15) is 9.90 Å². The number of esters is 1. The van der Waals surface area contributed by atoms with E-state index in [0.717, 1.165) is 18.8 Å². The molecule has 0 aromatic carbocycles. The smallest absolute Gasteiger partial charge is 0.336 e. The van der Waals surface area contributed by atoms with Gasteiger partial charge in [-0.2, -0.15) is 0 Å². The molecule has 0 spiro atoms. The standard InChI is InChI=1S/C20H30O3/c1-13-6-9-16-19(2,3)10-5-11-20(16,4)15(13)8-7-14-12-17(21)23-18(14)22/h7,15-17,21H,1,5-6,8-12H2,2-4H3/b14-7-/t15-,16-,17?,20+/m0/s1. The van der Waals surface area contributed by atoms with E-state index < -0.39 is 6.29 Å². The quantitative estimate of drug-likeness (QED) is 0.467. The Morgan fingerprint density at radius 2 is 2.09 bits per heavy atom. The Bertz CT molecular complexity index is 545. The molecule has 3 fully saturated rings. The van der Waals surface area contributed by atoms with Crippen molar-refractivity contribution >= 4 is 5.97 Å². The van der Waals surface area contributed by atoms with E-state index in [1.807, 2.05) is 6.08 Å². The van der Waals surface area contributed by atoms with Crippen LogP contribution in [0.2, 0.25) is 0 Å². The topological polar surface area (TPSA) is 46.5 Å². The first-order valence-corrected chi connectivity index (χ1v) is 9.00. The minimum Gasteiger partial charge on any atom is -0.432 e. The van der Waals surface area contributed by atoms with Crippen LogP contribution in [-0.4, -0.2) is 17.4 Å². The van der Waals surface area contributed by atoms with Gasteiger partial charge in [0.25, 0.3) is 0 Å². The maximum absolute atomic E-state index is 11.7. The lowest BCUT2D eigenvalue weighted by atomic mass is 9.47. The lowest BCUT2D eigenvalue weighted by molar-refractivity contribution is -0.152. The van der Waals surface area contributed by atoms with Gasteiger partial charge in [-0.25, -0.2) is 4.79 Å². The second-order valence-electron chi connectivity index (χ2n) is 8.68. The molecule has 3 aliphatic rings. The first-order valence-electron chi connectivity index (χ1n) is 9.00. The average Bonchev–Trinajstić information content (AvgIpc) is 2.75. The number of aliphatic hydroxyl groups excluding tert-OH is 1. The Morgan fingerprint density at radius 1 is 1.35 bits per heavy atom. The van der Waals surface area contributed by atoms with Crippen molar-refractivity contribution in [3.8, 4) is 0 Å². The summed E-state index contributed by atoms with van der Waals surface area (Å²) in [6, 6.07) is 0. The second-order valence-corrected chi connectivity index (χ2v) is 8.68. The number of cyclic esters (lactones) is 1. The lowest BCUT2D eigenvalue weighted by Gasteiger charge is -2.58. The molecule has 2 saturated carbocycles. The molecule has 23 heavy (non-hydrogen) atoms. The number of aliphatic hydroxyl groups is 1. The van der Waals surface area contributed by atoms with E-state index in [0.29, 0.717) is 23.3 Å². The highest BCUT2D eigenvalue weighted by Gasteiger charge is 2.52. The maximum atomic E-state index is 11.7. The van der Waals surface area contributed by atoms with Crippen molar-refractivity contribution < 1.29 is 14.6 Å². The van der Waals surface area contributed by atoms with Crippen LogP contribution in [0.15, 0.2) is 23.8 Å². The van der Waals surface area contributed by atoms with Crippen molar-refractivity contribution in [2.24, 2.45) is 22.7 Å². The first-order chi connectivity index (χ1) is 10.7. The zero-order chi connectivity index (χ0) is 16.8. The van der Waals surface area contributed by atoms with Gasteiger partial charge in [-0.05, 0) is 54.8 Å². The number of allylic oxidation sites excluding steroid dienone is 2. The average molecular weight is 318 g/mol. The van der Waals surface area contributed by atoms with Gasteiger partial charge in [-0.3, -0.25) is 0 Å². The summed E-state index contributed by atoms with van der Waals surface area (Å²) in [6.07, 6.45) is 8.40. The van der Waals surface area contributed by atoms with Gasteiger partial charge in [0.2, 0.25) is 6.29 Å². The highest BCUT2D eigenvalue weighted by atomic mass is 16.6. The molecule has 1 aliphatic heterocycles. The second kappa shape index (κ2) is 5.77. The maximum Gasteiger partial charge on any atom is 0.336 e. The van der Waals surface area contributed by atoms with E-state index in [1.54, 1.807) is 0 Å². The number of hydrogen-bond acceptors (Lipinski definition) is 3. The van der Waals surface area contributed by atoms with Crippen molar-refractivity contribution in [2.45, 2.75) is 72.0 Å². The number of hydrogen-bond donors (Lipinski definition) is 1. The van der Waals surface area contributed by atoms with E-state index in [1.165, 1.54) is 31.3 Å². The summed E-state index contributed by atoms with van der Waals surface area (Å²) in [5.74, 6) is 0.794. The summed E-state index contributed by atoms with van der Waals surface area (Å²) in [5, 5.41) is 9.46. The molecule has 1 heterocycles.